The van der Waals surface area contributed by atoms with E-state index in [1.165, 1.54) is 0 Å². The topological polar surface area (TPSA) is 47.9 Å². The van der Waals surface area contributed by atoms with Gasteiger partial charge in [-0.05, 0) is 19.3 Å². The van der Waals surface area contributed by atoms with Crippen LogP contribution in [0.2, 0.25) is 0 Å². The highest BCUT2D eigenvalue weighted by molar-refractivity contribution is 4.54. The zero-order valence-corrected chi connectivity index (χ0v) is 12.2. The molecule has 0 aromatic rings. The van der Waals surface area contributed by atoms with E-state index < -0.39 is 5.97 Å². The maximum atomic E-state index is 10.2. The van der Waals surface area contributed by atoms with Gasteiger partial charge < -0.3 is 19.3 Å². The van der Waals surface area contributed by atoms with Gasteiger partial charge in [-0.15, -0.1) is 0 Å². The van der Waals surface area contributed by atoms with E-state index in [0.717, 1.165) is 38.5 Å². The summed E-state index contributed by atoms with van der Waals surface area (Å²) >= 11 is 0. The summed E-state index contributed by atoms with van der Waals surface area (Å²) in [6, 6.07) is 0. The Balaban J connectivity index is 3.95. The molecule has 0 unspecified atom stereocenters. The lowest BCUT2D eigenvalue weighted by Gasteiger charge is -2.27. The molecule has 0 amide bonds. The predicted molar refractivity (Wildman–Crippen MR) is 72.4 cm³/mol. The van der Waals surface area contributed by atoms with Crippen molar-refractivity contribution in [3.63, 3.8) is 0 Å². The third-order valence-corrected chi connectivity index (χ3v) is 2.58. The van der Waals surface area contributed by atoms with E-state index >= 15 is 0 Å². The predicted octanol–water partition coefficient (Wildman–Crippen LogP) is 3.08. The number of aliphatic hydroxyl groups is 1. The summed E-state index contributed by atoms with van der Waals surface area (Å²) in [4.78, 5) is 0. The summed E-state index contributed by atoms with van der Waals surface area (Å²) in [5, 5.41) is 10.2. The summed E-state index contributed by atoms with van der Waals surface area (Å²) in [5.74, 6) is -1.57. The van der Waals surface area contributed by atoms with Gasteiger partial charge in [-0.2, -0.15) is 0 Å². The van der Waals surface area contributed by atoms with Crippen molar-refractivity contribution in [2.45, 2.75) is 65.3 Å². The Hall–Kier alpha value is -0.160. The van der Waals surface area contributed by atoms with Crippen LogP contribution >= 0.6 is 0 Å². The standard InChI is InChI=1S/C14H30O4/c1-4-7-10-16-13-14(15,17-11-8-5-2)18-12-9-6-3/h15H,4-13H2,1-3H3. The molecule has 0 atom stereocenters. The smallest absolute Gasteiger partial charge is 0.305 e. The molecule has 0 aromatic carbocycles. The molecule has 0 radical (unpaired) electrons. The molecule has 0 heterocycles. The molecule has 0 saturated carbocycles. The molecule has 4 heteroatoms. The molecule has 0 aliphatic rings. The molecule has 0 aliphatic carbocycles. The van der Waals surface area contributed by atoms with Crippen LogP contribution in [-0.2, 0) is 14.2 Å². The quantitative estimate of drug-likeness (QED) is 0.409. The van der Waals surface area contributed by atoms with Gasteiger partial charge in [-0.25, -0.2) is 0 Å². The monoisotopic (exact) mass is 262 g/mol. The van der Waals surface area contributed by atoms with Crippen molar-refractivity contribution >= 4 is 0 Å². The lowest BCUT2D eigenvalue weighted by molar-refractivity contribution is -0.376. The molecule has 110 valence electrons. The summed E-state index contributed by atoms with van der Waals surface area (Å²) in [7, 11) is 0. The molecule has 0 spiro atoms. The highest BCUT2D eigenvalue weighted by Gasteiger charge is 2.29. The molecule has 0 fully saturated rings. The fraction of sp³-hybridized carbons (Fsp3) is 1.00. The average molecular weight is 262 g/mol. The van der Waals surface area contributed by atoms with Gasteiger partial charge >= 0.3 is 5.97 Å². The molecule has 0 aliphatic heterocycles. The number of rotatable bonds is 13. The van der Waals surface area contributed by atoms with E-state index in [9.17, 15) is 5.11 Å². The Morgan fingerprint density at radius 2 is 1.22 bits per heavy atom. The average Bonchev–Trinajstić information content (AvgIpc) is 2.36. The van der Waals surface area contributed by atoms with E-state index in [-0.39, 0.29) is 6.61 Å². The van der Waals surface area contributed by atoms with Gasteiger partial charge in [0.15, 0.2) is 0 Å². The van der Waals surface area contributed by atoms with E-state index in [1.807, 2.05) is 0 Å². The minimum absolute atomic E-state index is 0.0838. The summed E-state index contributed by atoms with van der Waals surface area (Å²) < 4.78 is 16.2. The summed E-state index contributed by atoms with van der Waals surface area (Å²) in [6.07, 6.45) is 5.94. The Labute approximate surface area is 112 Å². The van der Waals surface area contributed by atoms with Crippen LogP contribution < -0.4 is 0 Å². The van der Waals surface area contributed by atoms with Crippen LogP contribution in [0.15, 0.2) is 0 Å². The molecule has 18 heavy (non-hydrogen) atoms. The Morgan fingerprint density at radius 1 is 0.778 bits per heavy atom. The van der Waals surface area contributed by atoms with Crippen molar-refractivity contribution in [1.29, 1.82) is 0 Å². The van der Waals surface area contributed by atoms with Crippen LogP contribution in [0.3, 0.4) is 0 Å². The van der Waals surface area contributed by atoms with Crippen molar-refractivity contribution in [2.24, 2.45) is 0 Å². The van der Waals surface area contributed by atoms with Crippen molar-refractivity contribution in [2.75, 3.05) is 26.4 Å². The van der Waals surface area contributed by atoms with Gasteiger partial charge in [-0.1, -0.05) is 40.0 Å². The van der Waals surface area contributed by atoms with E-state index in [1.54, 1.807) is 0 Å². The van der Waals surface area contributed by atoms with Crippen LogP contribution in [0.1, 0.15) is 59.3 Å². The normalized spacial score (nSPS) is 12.0. The SMILES string of the molecule is CCCCOCC(O)(OCCCC)OCCCC. The van der Waals surface area contributed by atoms with Gasteiger partial charge in [0.2, 0.25) is 0 Å². The highest BCUT2D eigenvalue weighted by Crippen LogP contribution is 2.12. The highest BCUT2D eigenvalue weighted by atomic mass is 16.8. The Kier molecular flexibility index (Phi) is 11.8. The fourth-order valence-corrected chi connectivity index (χ4v) is 1.32. The molecule has 4 nitrogen and oxygen atoms in total. The first kappa shape index (κ1) is 17.8. The van der Waals surface area contributed by atoms with Crippen molar-refractivity contribution < 1.29 is 19.3 Å². The van der Waals surface area contributed by atoms with Crippen molar-refractivity contribution in [3.8, 4) is 0 Å². The third kappa shape index (κ3) is 9.83. The molecule has 0 saturated heterocycles. The summed E-state index contributed by atoms with van der Waals surface area (Å²) in [6.45, 7) is 7.97. The van der Waals surface area contributed by atoms with Crippen LogP contribution in [0.4, 0.5) is 0 Å². The zero-order chi connectivity index (χ0) is 13.7. The Morgan fingerprint density at radius 3 is 1.67 bits per heavy atom. The number of hydrogen-bond acceptors (Lipinski definition) is 4. The third-order valence-electron chi connectivity index (χ3n) is 2.58. The first-order chi connectivity index (χ1) is 8.68. The van der Waals surface area contributed by atoms with Crippen LogP contribution in [0, 0.1) is 0 Å². The number of unbranched alkanes of at least 4 members (excludes halogenated alkanes) is 3. The van der Waals surface area contributed by atoms with E-state index in [0.29, 0.717) is 19.8 Å². The lowest BCUT2D eigenvalue weighted by Crippen LogP contribution is -2.41. The second-order valence-corrected chi connectivity index (χ2v) is 4.52. The van der Waals surface area contributed by atoms with Gasteiger partial charge in [0.25, 0.3) is 0 Å². The minimum Gasteiger partial charge on any atom is -0.373 e. The number of hydrogen-bond donors (Lipinski definition) is 1. The van der Waals surface area contributed by atoms with Crippen LogP contribution in [-0.4, -0.2) is 37.5 Å². The largest absolute Gasteiger partial charge is 0.373 e. The first-order valence-corrected chi connectivity index (χ1v) is 7.26. The molecule has 1 N–H and O–H groups in total. The van der Waals surface area contributed by atoms with Gasteiger partial charge in [0.1, 0.15) is 6.61 Å². The zero-order valence-electron chi connectivity index (χ0n) is 12.2. The van der Waals surface area contributed by atoms with Gasteiger partial charge in [-0.3, -0.25) is 0 Å². The molecular formula is C14H30O4. The maximum absolute atomic E-state index is 10.2. The minimum atomic E-state index is -1.57. The molecule has 0 aromatic heterocycles. The first-order valence-electron chi connectivity index (χ1n) is 7.26. The molecule has 0 rings (SSSR count). The van der Waals surface area contributed by atoms with Crippen LogP contribution in [0.5, 0.6) is 0 Å². The second-order valence-electron chi connectivity index (χ2n) is 4.52. The molecular weight excluding hydrogens is 232 g/mol. The second kappa shape index (κ2) is 11.9. The number of ether oxygens (including phenoxy) is 3. The lowest BCUT2D eigenvalue weighted by atomic mass is 10.3. The van der Waals surface area contributed by atoms with E-state index in [2.05, 4.69) is 20.8 Å². The summed E-state index contributed by atoms with van der Waals surface area (Å²) in [5.41, 5.74) is 0. The fourth-order valence-electron chi connectivity index (χ4n) is 1.32. The Bertz CT molecular complexity index is 163. The molecule has 0 bridgehead atoms. The van der Waals surface area contributed by atoms with Crippen molar-refractivity contribution in [1.82, 2.24) is 0 Å². The van der Waals surface area contributed by atoms with Crippen LogP contribution in [0.25, 0.3) is 0 Å². The van der Waals surface area contributed by atoms with Gasteiger partial charge in [0, 0.05) is 6.61 Å². The van der Waals surface area contributed by atoms with Crippen molar-refractivity contribution in [3.05, 3.63) is 0 Å². The maximum Gasteiger partial charge on any atom is 0.305 e. The van der Waals surface area contributed by atoms with Gasteiger partial charge in [0.05, 0.1) is 13.2 Å². The van der Waals surface area contributed by atoms with E-state index in [4.69, 9.17) is 14.2 Å².